The minimum absolute atomic E-state index is 1.09. The van der Waals surface area contributed by atoms with Crippen LogP contribution in [0.5, 0.6) is 0 Å². The van der Waals surface area contributed by atoms with Crippen LogP contribution in [0.2, 0.25) is 0 Å². The Morgan fingerprint density at radius 3 is 1.17 bits per heavy atom. The minimum atomic E-state index is 1.09. The molecular formula is C70H50N2. The van der Waals surface area contributed by atoms with E-state index >= 15 is 0 Å². The zero-order chi connectivity index (χ0) is 48.1. The number of fused-ring (bicyclic) bond motifs is 5. The summed E-state index contributed by atoms with van der Waals surface area (Å²) >= 11 is 0. The van der Waals surface area contributed by atoms with Gasteiger partial charge >= 0.3 is 0 Å². The first-order valence-corrected chi connectivity index (χ1v) is 24.9. The van der Waals surface area contributed by atoms with Crippen molar-refractivity contribution in [3.8, 4) is 61.3 Å². The van der Waals surface area contributed by atoms with Gasteiger partial charge in [-0.25, -0.2) is 0 Å². The molecule has 13 rings (SSSR count). The fourth-order valence-electron chi connectivity index (χ4n) is 11.2. The van der Waals surface area contributed by atoms with E-state index in [4.69, 9.17) is 0 Å². The van der Waals surface area contributed by atoms with Crippen LogP contribution in [-0.4, -0.2) is 4.57 Å². The Labute approximate surface area is 421 Å². The van der Waals surface area contributed by atoms with Gasteiger partial charge in [0.2, 0.25) is 0 Å². The molecule has 0 N–H and O–H groups in total. The molecule has 0 aliphatic rings. The van der Waals surface area contributed by atoms with Crippen LogP contribution in [0.1, 0.15) is 11.1 Å². The van der Waals surface area contributed by atoms with Crippen LogP contribution in [0.15, 0.2) is 267 Å². The molecule has 1 heterocycles. The Hall–Kier alpha value is -9.24. The van der Waals surface area contributed by atoms with Crippen molar-refractivity contribution in [2.45, 2.75) is 13.8 Å². The predicted molar refractivity (Wildman–Crippen MR) is 307 cm³/mol. The van der Waals surface area contributed by atoms with Crippen molar-refractivity contribution in [3.63, 3.8) is 0 Å². The molecule has 0 aliphatic carbocycles. The van der Waals surface area contributed by atoms with Crippen molar-refractivity contribution in [1.82, 2.24) is 4.57 Å². The lowest BCUT2D eigenvalue weighted by Gasteiger charge is -2.29. The average molecular weight is 919 g/mol. The number of para-hydroxylation sites is 1. The molecule has 72 heavy (non-hydrogen) atoms. The summed E-state index contributed by atoms with van der Waals surface area (Å²) in [5.41, 5.74) is 21.5. The molecule has 0 spiro atoms. The Kier molecular flexibility index (Phi) is 10.7. The number of rotatable bonds is 9. The van der Waals surface area contributed by atoms with Crippen molar-refractivity contribution in [3.05, 3.63) is 278 Å². The SMILES string of the molecule is Cc1cc(N(c2ccccc2)c2ccc(-n3c4ccc(-c5ccccc5)cc4c4cc(-c5ccccc5)ccc43)cc2)c(C)cc1-c1c2ccccc2c(-c2ccc(-c3ccccc3)cc2)c2ccccc12. The Morgan fingerprint density at radius 1 is 0.278 bits per heavy atom. The summed E-state index contributed by atoms with van der Waals surface area (Å²) in [6, 6.07) is 97.6. The maximum absolute atomic E-state index is 2.43. The first kappa shape index (κ1) is 42.8. The van der Waals surface area contributed by atoms with Gasteiger partial charge in [-0.3, -0.25) is 0 Å². The van der Waals surface area contributed by atoms with Crippen molar-refractivity contribution in [2.75, 3.05) is 4.90 Å². The number of hydrogen-bond donors (Lipinski definition) is 0. The second-order valence-electron chi connectivity index (χ2n) is 19.0. The third-order valence-electron chi connectivity index (χ3n) is 14.6. The summed E-state index contributed by atoms with van der Waals surface area (Å²) in [7, 11) is 0. The number of aromatic nitrogens is 1. The molecule has 0 radical (unpaired) electrons. The first-order valence-electron chi connectivity index (χ1n) is 24.9. The van der Waals surface area contributed by atoms with E-state index in [-0.39, 0.29) is 0 Å². The largest absolute Gasteiger partial charge is 0.310 e. The topological polar surface area (TPSA) is 8.17 Å². The molecule has 0 aliphatic heterocycles. The molecule has 13 aromatic rings. The van der Waals surface area contributed by atoms with Crippen molar-refractivity contribution < 1.29 is 0 Å². The second kappa shape index (κ2) is 17.9. The molecule has 2 nitrogen and oxygen atoms in total. The minimum Gasteiger partial charge on any atom is -0.310 e. The second-order valence-corrected chi connectivity index (χ2v) is 19.0. The van der Waals surface area contributed by atoms with Crippen LogP contribution in [0.25, 0.3) is 105 Å². The molecule has 0 bridgehead atoms. The maximum atomic E-state index is 2.43. The van der Waals surface area contributed by atoms with Crippen LogP contribution in [0.3, 0.4) is 0 Å². The number of anilines is 3. The quantitative estimate of drug-likeness (QED) is 0.131. The van der Waals surface area contributed by atoms with E-state index in [0.29, 0.717) is 0 Å². The zero-order valence-electron chi connectivity index (χ0n) is 40.3. The highest BCUT2D eigenvalue weighted by atomic mass is 15.1. The summed E-state index contributed by atoms with van der Waals surface area (Å²) < 4.78 is 2.43. The van der Waals surface area contributed by atoms with Gasteiger partial charge in [0.25, 0.3) is 0 Å². The molecule has 0 atom stereocenters. The molecule has 0 amide bonds. The fourth-order valence-corrected chi connectivity index (χ4v) is 11.2. The highest BCUT2D eigenvalue weighted by molar-refractivity contribution is 6.22. The van der Waals surface area contributed by atoms with E-state index in [1.165, 1.54) is 110 Å². The lowest BCUT2D eigenvalue weighted by atomic mass is 9.84. The molecule has 1 aromatic heterocycles. The lowest BCUT2D eigenvalue weighted by molar-refractivity contribution is 1.17. The summed E-state index contributed by atoms with van der Waals surface area (Å²) in [5.74, 6) is 0. The molecule has 12 aromatic carbocycles. The predicted octanol–water partition coefficient (Wildman–Crippen LogP) is 19.5. The van der Waals surface area contributed by atoms with E-state index in [9.17, 15) is 0 Å². The molecule has 0 fully saturated rings. The number of hydrogen-bond acceptors (Lipinski definition) is 1. The molecule has 0 saturated heterocycles. The summed E-state index contributed by atoms with van der Waals surface area (Å²) in [5, 5.41) is 7.48. The third kappa shape index (κ3) is 7.44. The van der Waals surface area contributed by atoms with E-state index in [1.54, 1.807) is 0 Å². The van der Waals surface area contributed by atoms with Gasteiger partial charge in [0, 0.05) is 33.5 Å². The van der Waals surface area contributed by atoms with Crippen LogP contribution in [0, 0.1) is 13.8 Å². The van der Waals surface area contributed by atoms with Gasteiger partial charge in [0.05, 0.1) is 11.0 Å². The van der Waals surface area contributed by atoms with Crippen molar-refractivity contribution in [2.24, 2.45) is 0 Å². The standard InChI is InChI=1S/C70H50N2/c1-47-44-68(48(2)43-63(47)70-61-29-17-15-27-59(61)69(60-28-16-18-30-62(60)70)53-33-31-52(32-34-53)49-19-7-3-8-20-49)71(56-25-13-6-14-26-56)57-37-39-58(40-38-57)72-66-41-35-54(50-21-9-4-10-22-50)45-64(66)65-46-55(36-42-67(65)72)51-23-11-5-12-24-51/h3-46H,1-2H3. The molecule has 2 heteroatoms. The van der Waals surface area contributed by atoms with Gasteiger partial charge in [0.15, 0.2) is 0 Å². The van der Waals surface area contributed by atoms with E-state index in [1.807, 2.05) is 0 Å². The average Bonchev–Trinajstić information content (AvgIpc) is 3.77. The Morgan fingerprint density at radius 2 is 0.667 bits per heavy atom. The Balaban J connectivity index is 0.923. The first-order chi connectivity index (χ1) is 35.6. The number of benzene rings is 12. The van der Waals surface area contributed by atoms with Crippen LogP contribution < -0.4 is 4.90 Å². The van der Waals surface area contributed by atoms with E-state index < -0.39 is 0 Å². The lowest BCUT2D eigenvalue weighted by Crippen LogP contribution is -2.12. The third-order valence-corrected chi connectivity index (χ3v) is 14.6. The summed E-state index contributed by atoms with van der Waals surface area (Å²) in [4.78, 5) is 2.42. The molecule has 0 saturated carbocycles. The van der Waals surface area contributed by atoms with Gasteiger partial charge in [-0.1, -0.05) is 194 Å². The van der Waals surface area contributed by atoms with Crippen LogP contribution in [-0.2, 0) is 0 Å². The fraction of sp³-hybridized carbons (Fsp3) is 0.0286. The Bertz CT molecular complexity index is 3960. The maximum Gasteiger partial charge on any atom is 0.0541 e. The number of aryl methyl sites for hydroxylation is 2. The molecular weight excluding hydrogens is 869 g/mol. The monoisotopic (exact) mass is 918 g/mol. The van der Waals surface area contributed by atoms with Crippen molar-refractivity contribution in [1.29, 1.82) is 0 Å². The normalized spacial score (nSPS) is 11.5. The van der Waals surface area contributed by atoms with Gasteiger partial charge < -0.3 is 9.47 Å². The highest BCUT2D eigenvalue weighted by Gasteiger charge is 2.22. The van der Waals surface area contributed by atoms with E-state index in [0.717, 1.165) is 22.7 Å². The smallest absolute Gasteiger partial charge is 0.0541 e. The highest BCUT2D eigenvalue weighted by Crippen LogP contribution is 2.47. The zero-order valence-corrected chi connectivity index (χ0v) is 40.3. The van der Waals surface area contributed by atoms with Crippen LogP contribution >= 0.6 is 0 Å². The van der Waals surface area contributed by atoms with Gasteiger partial charge in [-0.2, -0.15) is 0 Å². The van der Waals surface area contributed by atoms with Gasteiger partial charge in [-0.15, -0.1) is 0 Å². The van der Waals surface area contributed by atoms with Crippen LogP contribution in [0.4, 0.5) is 17.1 Å². The van der Waals surface area contributed by atoms with Gasteiger partial charge in [0.1, 0.15) is 0 Å². The number of nitrogens with zero attached hydrogens (tertiary/aromatic N) is 2. The van der Waals surface area contributed by atoms with E-state index in [2.05, 4.69) is 290 Å². The summed E-state index contributed by atoms with van der Waals surface area (Å²) in [6.07, 6.45) is 0. The van der Waals surface area contributed by atoms with Gasteiger partial charge in [-0.05, 0) is 175 Å². The molecule has 0 unspecified atom stereocenters. The van der Waals surface area contributed by atoms with Crippen molar-refractivity contribution >= 4 is 60.4 Å². The molecule has 340 valence electrons. The summed E-state index contributed by atoms with van der Waals surface area (Å²) in [6.45, 7) is 4.54.